The number of likely N-dealkylation sites (N-methyl/N-ethyl adjacent to an activating group) is 1. The van der Waals surface area contributed by atoms with Crippen LogP contribution in [0, 0.1) is 0 Å². The standard InChI is InChI=1S/C18H20N2O6S/c1-3-19-16(21)10-26-12-5-4-11(8-13(12)25-2)9-20-17(22)14-6-7-15(27-14)18(23)24/h4-8H,3,9-10H2,1-2H3,(H,19,21)(H,20,22)(H,23,24). The number of amides is 2. The molecule has 1 heterocycles. The van der Waals surface area contributed by atoms with Crippen LogP contribution in [0.15, 0.2) is 30.3 Å². The number of hydrogen-bond acceptors (Lipinski definition) is 6. The van der Waals surface area contributed by atoms with Crippen LogP contribution in [-0.2, 0) is 11.3 Å². The molecular weight excluding hydrogens is 372 g/mol. The minimum absolute atomic E-state index is 0.107. The molecule has 2 amide bonds. The van der Waals surface area contributed by atoms with E-state index >= 15 is 0 Å². The fourth-order valence-electron chi connectivity index (χ4n) is 2.18. The lowest BCUT2D eigenvalue weighted by molar-refractivity contribution is -0.123. The molecule has 27 heavy (non-hydrogen) atoms. The van der Waals surface area contributed by atoms with Crippen molar-refractivity contribution in [3.05, 3.63) is 45.6 Å². The smallest absolute Gasteiger partial charge is 0.345 e. The molecule has 1 aromatic heterocycles. The zero-order valence-corrected chi connectivity index (χ0v) is 15.7. The van der Waals surface area contributed by atoms with Crippen molar-refractivity contribution in [2.45, 2.75) is 13.5 Å². The van der Waals surface area contributed by atoms with Gasteiger partial charge in [0.1, 0.15) is 4.88 Å². The first-order valence-corrected chi connectivity index (χ1v) is 8.94. The molecule has 0 aliphatic heterocycles. The topological polar surface area (TPSA) is 114 Å². The van der Waals surface area contributed by atoms with E-state index in [0.717, 1.165) is 16.9 Å². The van der Waals surface area contributed by atoms with Gasteiger partial charge in [0.15, 0.2) is 18.1 Å². The Bertz CT molecular complexity index is 833. The number of ether oxygens (including phenoxy) is 2. The number of nitrogens with one attached hydrogen (secondary N) is 2. The Morgan fingerprint density at radius 1 is 1.07 bits per heavy atom. The predicted octanol–water partition coefficient (Wildman–Crippen LogP) is 1.90. The van der Waals surface area contributed by atoms with Gasteiger partial charge in [0.05, 0.1) is 12.0 Å². The van der Waals surface area contributed by atoms with Gasteiger partial charge in [0, 0.05) is 13.1 Å². The molecule has 0 aliphatic rings. The molecule has 9 heteroatoms. The largest absolute Gasteiger partial charge is 0.493 e. The van der Waals surface area contributed by atoms with E-state index in [1.165, 1.54) is 19.2 Å². The highest BCUT2D eigenvalue weighted by Crippen LogP contribution is 2.28. The number of methoxy groups -OCH3 is 1. The minimum Gasteiger partial charge on any atom is -0.493 e. The summed E-state index contributed by atoms with van der Waals surface area (Å²) in [6.07, 6.45) is 0. The highest BCUT2D eigenvalue weighted by molar-refractivity contribution is 7.15. The van der Waals surface area contributed by atoms with Crippen molar-refractivity contribution in [2.24, 2.45) is 0 Å². The number of carboxylic acid groups (broad SMARTS) is 1. The molecule has 0 spiro atoms. The molecule has 0 fully saturated rings. The van der Waals surface area contributed by atoms with Crippen LogP contribution >= 0.6 is 11.3 Å². The number of rotatable bonds is 9. The SMILES string of the molecule is CCNC(=O)COc1ccc(CNC(=O)c2ccc(C(=O)O)s2)cc1OC. The monoisotopic (exact) mass is 392 g/mol. The minimum atomic E-state index is -1.06. The Labute approximate surface area is 160 Å². The third-order valence-corrected chi connectivity index (χ3v) is 4.53. The van der Waals surface area contributed by atoms with Crippen molar-refractivity contribution in [3.8, 4) is 11.5 Å². The molecule has 144 valence electrons. The average molecular weight is 392 g/mol. The summed E-state index contributed by atoms with van der Waals surface area (Å²) >= 11 is 0.913. The second-order valence-corrected chi connectivity index (χ2v) is 6.46. The van der Waals surface area contributed by atoms with E-state index in [2.05, 4.69) is 10.6 Å². The Balaban J connectivity index is 1.97. The zero-order valence-electron chi connectivity index (χ0n) is 14.9. The molecular formula is C18H20N2O6S. The number of aromatic carboxylic acids is 1. The van der Waals surface area contributed by atoms with Gasteiger partial charge >= 0.3 is 5.97 Å². The van der Waals surface area contributed by atoms with Crippen molar-refractivity contribution >= 4 is 29.1 Å². The molecule has 0 bridgehead atoms. The summed E-state index contributed by atoms with van der Waals surface area (Å²) in [4.78, 5) is 34.9. The lowest BCUT2D eigenvalue weighted by Gasteiger charge is -2.12. The third-order valence-electron chi connectivity index (χ3n) is 3.45. The van der Waals surface area contributed by atoms with Crippen LogP contribution in [0.2, 0.25) is 0 Å². The molecule has 2 aromatic rings. The summed E-state index contributed by atoms with van der Waals surface area (Å²) in [5.41, 5.74) is 0.764. The maximum Gasteiger partial charge on any atom is 0.345 e. The van der Waals surface area contributed by atoms with Gasteiger partial charge < -0.3 is 25.2 Å². The lowest BCUT2D eigenvalue weighted by Crippen LogP contribution is -2.28. The number of carbonyl (C=O) groups excluding carboxylic acids is 2. The summed E-state index contributed by atoms with van der Waals surface area (Å²) in [6.45, 7) is 2.45. The van der Waals surface area contributed by atoms with E-state index in [0.29, 0.717) is 22.9 Å². The summed E-state index contributed by atoms with van der Waals surface area (Å²) in [7, 11) is 1.48. The molecule has 8 nitrogen and oxygen atoms in total. The molecule has 1 aromatic carbocycles. The first-order valence-electron chi connectivity index (χ1n) is 8.12. The van der Waals surface area contributed by atoms with E-state index < -0.39 is 5.97 Å². The van der Waals surface area contributed by atoms with Crippen LogP contribution in [0.1, 0.15) is 31.8 Å². The van der Waals surface area contributed by atoms with Gasteiger partial charge in [0.25, 0.3) is 11.8 Å². The number of carboxylic acids is 1. The van der Waals surface area contributed by atoms with Gasteiger partial charge in [0.2, 0.25) is 0 Å². The average Bonchev–Trinajstić information content (AvgIpc) is 3.15. The van der Waals surface area contributed by atoms with Gasteiger partial charge in [-0.15, -0.1) is 11.3 Å². The van der Waals surface area contributed by atoms with Crippen molar-refractivity contribution in [1.82, 2.24) is 10.6 Å². The Kier molecular flexibility index (Phi) is 7.18. The highest BCUT2D eigenvalue weighted by atomic mass is 32.1. The summed E-state index contributed by atoms with van der Waals surface area (Å²) in [5.74, 6) is -0.791. The molecule has 0 atom stereocenters. The molecule has 0 saturated heterocycles. The highest BCUT2D eigenvalue weighted by Gasteiger charge is 2.13. The molecule has 0 saturated carbocycles. The van der Waals surface area contributed by atoms with Crippen molar-refractivity contribution in [2.75, 3.05) is 20.3 Å². The van der Waals surface area contributed by atoms with Gasteiger partial charge in [-0.1, -0.05) is 6.07 Å². The number of benzene rings is 1. The van der Waals surface area contributed by atoms with E-state index in [1.54, 1.807) is 18.2 Å². The van der Waals surface area contributed by atoms with Gasteiger partial charge in [-0.05, 0) is 36.8 Å². The van der Waals surface area contributed by atoms with Gasteiger partial charge in [-0.3, -0.25) is 9.59 Å². The number of thiophene rings is 1. The number of hydrogen-bond donors (Lipinski definition) is 3. The first-order chi connectivity index (χ1) is 12.9. The Morgan fingerprint density at radius 3 is 2.44 bits per heavy atom. The Morgan fingerprint density at radius 2 is 1.81 bits per heavy atom. The van der Waals surface area contributed by atoms with Crippen LogP contribution in [0.5, 0.6) is 11.5 Å². The van der Waals surface area contributed by atoms with Crippen molar-refractivity contribution in [1.29, 1.82) is 0 Å². The molecule has 0 unspecified atom stereocenters. The molecule has 3 N–H and O–H groups in total. The maximum absolute atomic E-state index is 12.1. The van der Waals surface area contributed by atoms with Crippen LogP contribution in [0.3, 0.4) is 0 Å². The van der Waals surface area contributed by atoms with Crippen LogP contribution in [0.4, 0.5) is 0 Å². The van der Waals surface area contributed by atoms with Crippen LogP contribution in [-0.4, -0.2) is 43.2 Å². The normalized spacial score (nSPS) is 10.1. The Hall–Kier alpha value is -3.07. The fraction of sp³-hybridized carbons (Fsp3) is 0.278. The zero-order chi connectivity index (χ0) is 19.8. The van der Waals surface area contributed by atoms with Crippen molar-refractivity contribution < 1.29 is 29.0 Å². The molecule has 2 rings (SSSR count). The predicted molar refractivity (Wildman–Crippen MR) is 99.6 cm³/mol. The fourth-order valence-corrected chi connectivity index (χ4v) is 2.94. The second-order valence-electron chi connectivity index (χ2n) is 5.38. The van der Waals surface area contributed by atoms with E-state index in [1.807, 2.05) is 6.92 Å². The maximum atomic E-state index is 12.1. The van der Waals surface area contributed by atoms with E-state index in [-0.39, 0.29) is 29.8 Å². The van der Waals surface area contributed by atoms with Crippen molar-refractivity contribution in [3.63, 3.8) is 0 Å². The second kappa shape index (κ2) is 9.58. The van der Waals surface area contributed by atoms with Gasteiger partial charge in [-0.25, -0.2) is 4.79 Å². The lowest BCUT2D eigenvalue weighted by atomic mass is 10.2. The summed E-state index contributed by atoms with van der Waals surface area (Å²) < 4.78 is 10.7. The quantitative estimate of drug-likeness (QED) is 0.601. The summed E-state index contributed by atoms with van der Waals surface area (Å²) in [6, 6.07) is 7.97. The number of carbonyl (C=O) groups is 3. The third kappa shape index (κ3) is 5.71. The van der Waals surface area contributed by atoms with E-state index in [9.17, 15) is 14.4 Å². The van der Waals surface area contributed by atoms with Crippen LogP contribution < -0.4 is 20.1 Å². The van der Waals surface area contributed by atoms with Gasteiger partial charge in [-0.2, -0.15) is 0 Å². The molecule has 0 radical (unpaired) electrons. The summed E-state index contributed by atoms with van der Waals surface area (Å²) in [5, 5.41) is 14.3. The molecule has 0 aliphatic carbocycles. The van der Waals surface area contributed by atoms with E-state index in [4.69, 9.17) is 14.6 Å². The first kappa shape index (κ1) is 20.2. The van der Waals surface area contributed by atoms with Crippen LogP contribution in [0.25, 0.3) is 0 Å².